The van der Waals surface area contributed by atoms with E-state index in [0.29, 0.717) is 18.8 Å². The van der Waals surface area contributed by atoms with E-state index in [1.54, 1.807) is 0 Å². The van der Waals surface area contributed by atoms with Crippen molar-refractivity contribution in [3.63, 3.8) is 0 Å². The Morgan fingerprint density at radius 3 is 2.36 bits per heavy atom. The molecule has 1 saturated carbocycles. The predicted octanol–water partition coefficient (Wildman–Crippen LogP) is 3.13. The summed E-state index contributed by atoms with van der Waals surface area (Å²) >= 11 is 4.50. The van der Waals surface area contributed by atoms with Gasteiger partial charge in [-0.15, -0.1) is 0 Å². The highest BCUT2D eigenvalue weighted by atomic mass is 32.1. The lowest BCUT2D eigenvalue weighted by atomic mass is 9.73. The highest BCUT2D eigenvalue weighted by Crippen LogP contribution is 2.38. The molecule has 1 fully saturated rings. The molecule has 0 bridgehead atoms. The van der Waals surface area contributed by atoms with Crippen LogP contribution in [0.3, 0.4) is 0 Å². The first-order valence-corrected chi connectivity index (χ1v) is 10.9. The molecule has 28 heavy (non-hydrogen) atoms. The molecule has 1 aliphatic carbocycles. The van der Waals surface area contributed by atoms with Crippen LogP contribution in [0.15, 0.2) is 30.3 Å². The molecule has 0 saturated heterocycles. The van der Waals surface area contributed by atoms with E-state index in [1.807, 2.05) is 51.1 Å². The second-order valence-corrected chi connectivity index (χ2v) is 8.29. The molecular weight excluding hydrogens is 372 g/mol. The number of hydrogen-bond acceptors (Lipinski definition) is 4. The Labute approximate surface area is 174 Å². The van der Waals surface area contributed by atoms with E-state index in [-0.39, 0.29) is 24.0 Å². The third-order valence-electron chi connectivity index (χ3n) is 5.41. The van der Waals surface area contributed by atoms with Crippen LogP contribution in [0.5, 0.6) is 0 Å². The summed E-state index contributed by atoms with van der Waals surface area (Å²) in [7, 11) is 0. The average Bonchev–Trinajstić information content (AvgIpc) is 2.68. The summed E-state index contributed by atoms with van der Waals surface area (Å²) in [6.07, 6.45) is 3.85. The molecule has 0 aromatic heterocycles. The first kappa shape index (κ1) is 22.8. The molecule has 2 rings (SSSR count). The van der Waals surface area contributed by atoms with Crippen molar-refractivity contribution in [3.8, 4) is 0 Å². The first-order valence-electron chi connectivity index (χ1n) is 10.3. The molecule has 1 aromatic rings. The molecule has 0 aliphatic heterocycles. The Kier molecular flexibility index (Phi) is 8.83. The number of rotatable bonds is 9. The van der Waals surface area contributed by atoms with E-state index in [4.69, 9.17) is 4.74 Å². The standard InChI is InChI=1S/C22H34N2O3S/c1-4-27-18-10-12-22(15-28,13-11-18)21(26)24-19(20(25)23-16(2)3)14-17-8-6-5-7-9-17/h5-9,16,18-19,28H,4,10-15H2,1-3H3,(H,23,25)(H,24,26)/t18?,19-,22?/m0/s1. The van der Waals surface area contributed by atoms with Gasteiger partial charge in [-0.3, -0.25) is 9.59 Å². The molecule has 5 nitrogen and oxygen atoms in total. The van der Waals surface area contributed by atoms with Crippen LogP contribution in [0.2, 0.25) is 0 Å². The normalized spacial score (nSPS) is 23.2. The predicted molar refractivity (Wildman–Crippen MR) is 116 cm³/mol. The Morgan fingerprint density at radius 1 is 1.18 bits per heavy atom. The van der Waals surface area contributed by atoms with Crippen molar-refractivity contribution < 1.29 is 14.3 Å². The maximum atomic E-state index is 13.2. The molecule has 0 unspecified atom stereocenters. The van der Waals surface area contributed by atoms with Gasteiger partial charge < -0.3 is 15.4 Å². The number of amides is 2. The van der Waals surface area contributed by atoms with Crippen LogP contribution in [0.1, 0.15) is 52.0 Å². The van der Waals surface area contributed by atoms with Crippen molar-refractivity contribution in [2.45, 2.75) is 71.1 Å². The molecule has 0 heterocycles. The lowest BCUT2D eigenvalue weighted by Crippen LogP contribution is -2.55. The SMILES string of the molecule is CCOC1CCC(CS)(C(=O)N[C@@H](Cc2ccccc2)C(=O)NC(C)C)CC1. The molecule has 6 heteroatoms. The van der Waals surface area contributed by atoms with Crippen LogP contribution in [-0.4, -0.2) is 42.4 Å². The highest BCUT2D eigenvalue weighted by molar-refractivity contribution is 7.80. The number of hydrogen-bond donors (Lipinski definition) is 3. The smallest absolute Gasteiger partial charge is 0.243 e. The molecule has 0 spiro atoms. The lowest BCUT2D eigenvalue weighted by molar-refractivity contribution is -0.137. The monoisotopic (exact) mass is 406 g/mol. The van der Waals surface area contributed by atoms with Gasteiger partial charge in [0.2, 0.25) is 11.8 Å². The molecule has 2 amide bonds. The van der Waals surface area contributed by atoms with Crippen LogP contribution in [-0.2, 0) is 20.7 Å². The van der Waals surface area contributed by atoms with Gasteiger partial charge in [-0.1, -0.05) is 30.3 Å². The first-order chi connectivity index (χ1) is 13.4. The minimum absolute atomic E-state index is 0.0168. The topological polar surface area (TPSA) is 67.4 Å². The summed E-state index contributed by atoms with van der Waals surface area (Å²) in [5.74, 6) is 0.253. The minimum Gasteiger partial charge on any atom is -0.379 e. The third kappa shape index (κ3) is 6.24. The van der Waals surface area contributed by atoms with E-state index in [2.05, 4.69) is 23.3 Å². The van der Waals surface area contributed by atoms with Crippen molar-refractivity contribution >= 4 is 24.4 Å². The average molecular weight is 407 g/mol. The summed E-state index contributed by atoms with van der Waals surface area (Å²) in [5.41, 5.74) is 0.482. The zero-order chi connectivity index (χ0) is 20.6. The van der Waals surface area contributed by atoms with Crippen molar-refractivity contribution in [2.75, 3.05) is 12.4 Å². The van der Waals surface area contributed by atoms with E-state index in [1.165, 1.54) is 0 Å². The minimum atomic E-state index is -0.598. The maximum Gasteiger partial charge on any atom is 0.243 e. The van der Waals surface area contributed by atoms with E-state index < -0.39 is 11.5 Å². The molecule has 2 N–H and O–H groups in total. The van der Waals surface area contributed by atoms with Crippen LogP contribution >= 0.6 is 12.6 Å². The molecular formula is C22H34N2O3S. The van der Waals surface area contributed by atoms with Crippen LogP contribution < -0.4 is 10.6 Å². The maximum absolute atomic E-state index is 13.2. The Hall–Kier alpha value is -1.53. The van der Waals surface area contributed by atoms with Gasteiger partial charge in [-0.25, -0.2) is 0 Å². The zero-order valence-electron chi connectivity index (χ0n) is 17.2. The number of carbonyl (C=O) groups is 2. The molecule has 156 valence electrons. The summed E-state index contributed by atoms with van der Waals surface area (Å²) in [6, 6.07) is 9.20. The van der Waals surface area contributed by atoms with E-state index in [9.17, 15) is 9.59 Å². The fourth-order valence-corrected chi connectivity index (χ4v) is 4.22. The van der Waals surface area contributed by atoms with Crippen molar-refractivity contribution in [1.82, 2.24) is 10.6 Å². The number of carbonyl (C=O) groups excluding carboxylic acids is 2. The summed E-state index contributed by atoms with van der Waals surface area (Å²) < 4.78 is 5.72. The number of nitrogens with one attached hydrogen (secondary N) is 2. The van der Waals surface area contributed by atoms with Gasteiger partial charge in [0.25, 0.3) is 0 Å². The third-order valence-corrected chi connectivity index (χ3v) is 6.02. The molecule has 1 aromatic carbocycles. The largest absolute Gasteiger partial charge is 0.379 e. The molecule has 0 radical (unpaired) electrons. The van der Waals surface area contributed by atoms with Gasteiger partial charge in [-0.05, 0) is 52.0 Å². The van der Waals surface area contributed by atoms with Gasteiger partial charge >= 0.3 is 0 Å². The Balaban J connectivity index is 2.10. The van der Waals surface area contributed by atoms with Crippen molar-refractivity contribution in [2.24, 2.45) is 5.41 Å². The second-order valence-electron chi connectivity index (χ2n) is 7.97. The van der Waals surface area contributed by atoms with Gasteiger partial charge in [0.1, 0.15) is 6.04 Å². The number of ether oxygens (including phenoxy) is 1. The van der Waals surface area contributed by atoms with Crippen LogP contribution in [0, 0.1) is 5.41 Å². The van der Waals surface area contributed by atoms with Gasteiger partial charge in [0, 0.05) is 24.8 Å². The quantitative estimate of drug-likeness (QED) is 0.552. The Morgan fingerprint density at radius 2 is 1.82 bits per heavy atom. The Bertz CT molecular complexity index is 628. The molecule has 1 aliphatic rings. The summed E-state index contributed by atoms with van der Waals surface area (Å²) in [6.45, 7) is 6.53. The van der Waals surface area contributed by atoms with Crippen LogP contribution in [0.4, 0.5) is 0 Å². The number of thiol groups is 1. The fraction of sp³-hybridized carbons (Fsp3) is 0.636. The van der Waals surface area contributed by atoms with Gasteiger partial charge in [0.15, 0.2) is 0 Å². The van der Waals surface area contributed by atoms with Gasteiger partial charge in [0.05, 0.1) is 11.5 Å². The summed E-state index contributed by atoms with van der Waals surface area (Å²) in [4.78, 5) is 26.0. The van der Waals surface area contributed by atoms with Crippen molar-refractivity contribution in [1.29, 1.82) is 0 Å². The number of benzene rings is 1. The lowest BCUT2D eigenvalue weighted by Gasteiger charge is -2.38. The fourth-order valence-electron chi connectivity index (χ4n) is 3.76. The zero-order valence-corrected chi connectivity index (χ0v) is 18.1. The second kappa shape index (κ2) is 10.9. The van der Waals surface area contributed by atoms with Crippen LogP contribution in [0.25, 0.3) is 0 Å². The highest BCUT2D eigenvalue weighted by Gasteiger charge is 2.42. The van der Waals surface area contributed by atoms with Gasteiger partial charge in [-0.2, -0.15) is 12.6 Å². The van der Waals surface area contributed by atoms with Crippen molar-refractivity contribution in [3.05, 3.63) is 35.9 Å². The van der Waals surface area contributed by atoms with E-state index in [0.717, 1.165) is 31.2 Å². The summed E-state index contributed by atoms with van der Waals surface area (Å²) in [5, 5.41) is 5.97. The van der Waals surface area contributed by atoms with E-state index >= 15 is 0 Å². The molecule has 1 atom stereocenters.